The van der Waals surface area contributed by atoms with Crippen LogP contribution in [0.25, 0.3) is 0 Å². The van der Waals surface area contributed by atoms with Gasteiger partial charge in [-0.05, 0) is 37.5 Å². The van der Waals surface area contributed by atoms with Crippen molar-refractivity contribution in [1.82, 2.24) is 0 Å². The van der Waals surface area contributed by atoms with E-state index in [9.17, 15) is 19.2 Å². The van der Waals surface area contributed by atoms with Crippen LogP contribution in [-0.4, -0.2) is 34.0 Å². The molecule has 0 atom stereocenters. The average molecular weight is 465 g/mol. The van der Waals surface area contributed by atoms with Crippen molar-refractivity contribution in [3.63, 3.8) is 0 Å². The van der Waals surface area contributed by atoms with Crippen molar-refractivity contribution < 1.29 is 29.4 Å². The Morgan fingerprint density at radius 3 is 1.09 bits per heavy atom. The number of aliphatic carboxylic acids is 2. The summed E-state index contributed by atoms with van der Waals surface area (Å²) in [6, 6.07) is 0. The van der Waals surface area contributed by atoms with E-state index in [1.807, 2.05) is 0 Å². The molecule has 0 aliphatic carbocycles. The summed E-state index contributed by atoms with van der Waals surface area (Å²) in [5, 5.41) is 17.1. The van der Waals surface area contributed by atoms with Gasteiger partial charge in [0.15, 0.2) is 0 Å². The lowest BCUT2D eigenvalue weighted by atomic mass is 10.1. The molecule has 0 saturated carbocycles. The molecule has 0 aliphatic rings. The maximum Gasteiger partial charge on any atom is 0.303 e. The highest BCUT2D eigenvalue weighted by atomic mass is 16.4. The Bertz CT molecular complexity index is 624. The van der Waals surface area contributed by atoms with Gasteiger partial charge < -0.3 is 21.7 Å². The molecule has 33 heavy (non-hydrogen) atoms. The number of unbranched alkanes of at least 4 members (excludes halogenated alkanes) is 12. The molecule has 0 rings (SSSR count). The second-order valence-electron chi connectivity index (χ2n) is 7.74. The van der Waals surface area contributed by atoms with Gasteiger partial charge in [-0.15, -0.1) is 0 Å². The van der Waals surface area contributed by atoms with E-state index in [0.717, 1.165) is 89.9 Å². The molecule has 6 N–H and O–H groups in total. The molecular formula is C25H40N2O6. The molecule has 0 aromatic heterocycles. The van der Waals surface area contributed by atoms with Gasteiger partial charge >= 0.3 is 11.9 Å². The van der Waals surface area contributed by atoms with Crippen molar-refractivity contribution in [2.75, 3.05) is 0 Å². The quantitative estimate of drug-likeness (QED) is 0.137. The molecule has 0 unspecified atom stereocenters. The van der Waals surface area contributed by atoms with Crippen LogP contribution in [0.4, 0.5) is 0 Å². The Morgan fingerprint density at radius 1 is 0.515 bits per heavy atom. The molecular weight excluding hydrogens is 424 g/mol. The van der Waals surface area contributed by atoms with Crippen molar-refractivity contribution in [3.05, 3.63) is 0 Å². The largest absolute Gasteiger partial charge is 0.481 e. The van der Waals surface area contributed by atoms with Crippen LogP contribution in [0, 0.1) is 23.7 Å². The van der Waals surface area contributed by atoms with Gasteiger partial charge in [0.05, 0.1) is 0 Å². The first-order valence-corrected chi connectivity index (χ1v) is 11.7. The zero-order chi connectivity index (χ0) is 25.2. The van der Waals surface area contributed by atoms with E-state index >= 15 is 0 Å². The monoisotopic (exact) mass is 464 g/mol. The highest BCUT2D eigenvalue weighted by Crippen LogP contribution is 2.09. The molecule has 0 bridgehead atoms. The van der Waals surface area contributed by atoms with Crippen LogP contribution in [0.3, 0.4) is 0 Å². The highest BCUT2D eigenvalue weighted by Gasteiger charge is 1.97. The zero-order valence-electron chi connectivity index (χ0n) is 19.7. The third-order valence-corrected chi connectivity index (χ3v) is 4.47. The normalized spacial score (nSPS) is 9.33. The number of carbonyl (C=O) groups is 4. The molecule has 0 spiro atoms. The van der Waals surface area contributed by atoms with Crippen LogP contribution in [0.2, 0.25) is 0 Å². The minimum atomic E-state index is -0.700. The third-order valence-electron chi connectivity index (χ3n) is 4.47. The van der Waals surface area contributed by atoms with Crippen LogP contribution >= 0.6 is 0 Å². The minimum Gasteiger partial charge on any atom is -0.481 e. The number of hydrogen-bond donors (Lipinski definition) is 4. The molecule has 0 radical (unpaired) electrons. The number of primary amides is 2. The second-order valence-corrected chi connectivity index (χ2v) is 7.74. The zero-order valence-corrected chi connectivity index (χ0v) is 19.7. The van der Waals surface area contributed by atoms with Crippen molar-refractivity contribution in [2.24, 2.45) is 11.5 Å². The Morgan fingerprint density at radius 2 is 0.818 bits per heavy atom. The number of carboxylic acid groups (broad SMARTS) is 2. The van der Waals surface area contributed by atoms with Crippen LogP contribution in [0.5, 0.6) is 0 Å². The first-order valence-electron chi connectivity index (χ1n) is 11.7. The molecule has 0 heterocycles. The molecule has 0 saturated heterocycles. The standard InChI is InChI=1S/C22H34O4.C3H6N2O2/c23-21(24)19-17-15-13-11-9-7-5-3-1-2-4-6-8-10-12-14-16-18-20-22(25)26;4-2(6)1-3(5)7/h5-20H2,(H,23,24)(H,25,26);1H2,(H2,4,6)(H2,5,7). The number of amides is 2. The predicted octanol–water partition coefficient (Wildman–Crippen LogP) is 3.75. The lowest BCUT2D eigenvalue weighted by Gasteiger charge is -1.98. The van der Waals surface area contributed by atoms with Gasteiger partial charge in [0, 0.05) is 25.7 Å². The summed E-state index contributed by atoms with van der Waals surface area (Å²) in [5.74, 6) is 9.21. The molecule has 0 aromatic carbocycles. The number of carbonyl (C=O) groups excluding carboxylic acids is 2. The molecule has 8 heteroatoms. The number of hydrogen-bond acceptors (Lipinski definition) is 4. The van der Waals surface area contributed by atoms with Crippen molar-refractivity contribution in [3.8, 4) is 23.7 Å². The molecule has 0 aliphatic heterocycles. The van der Waals surface area contributed by atoms with Crippen molar-refractivity contribution in [2.45, 2.75) is 109 Å². The predicted molar refractivity (Wildman–Crippen MR) is 128 cm³/mol. The second kappa shape index (κ2) is 25.3. The average Bonchev–Trinajstić information content (AvgIpc) is 2.71. The summed E-state index contributed by atoms with van der Waals surface area (Å²) in [6.45, 7) is 0. The fourth-order valence-electron chi connectivity index (χ4n) is 2.78. The molecule has 2 amide bonds. The minimum absolute atomic E-state index is 0.289. The van der Waals surface area contributed by atoms with Gasteiger partial charge in [-0.25, -0.2) is 0 Å². The summed E-state index contributed by atoms with van der Waals surface area (Å²) in [6.07, 6.45) is 14.6. The van der Waals surface area contributed by atoms with Gasteiger partial charge in [0.25, 0.3) is 0 Å². The maximum absolute atomic E-state index is 10.4. The van der Waals surface area contributed by atoms with Crippen LogP contribution in [0.15, 0.2) is 0 Å². The maximum atomic E-state index is 10.4. The van der Waals surface area contributed by atoms with Gasteiger partial charge in [-0.3, -0.25) is 19.2 Å². The summed E-state index contributed by atoms with van der Waals surface area (Å²) < 4.78 is 0. The van der Waals surface area contributed by atoms with Gasteiger partial charge in [0.2, 0.25) is 11.8 Å². The number of carboxylic acids is 2. The van der Waals surface area contributed by atoms with Gasteiger partial charge in [0.1, 0.15) is 6.42 Å². The van der Waals surface area contributed by atoms with E-state index in [0.29, 0.717) is 0 Å². The van der Waals surface area contributed by atoms with Gasteiger partial charge in [-0.2, -0.15) is 0 Å². The molecule has 0 aromatic rings. The first kappa shape index (κ1) is 32.2. The Kier molecular flexibility index (Phi) is 24.6. The summed E-state index contributed by atoms with van der Waals surface area (Å²) in [7, 11) is 0. The summed E-state index contributed by atoms with van der Waals surface area (Å²) >= 11 is 0. The van der Waals surface area contributed by atoms with Crippen LogP contribution in [0.1, 0.15) is 109 Å². The Balaban J connectivity index is 0. The van der Waals surface area contributed by atoms with Crippen molar-refractivity contribution in [1.29, 1.82) is 0 Å². The van der Waals surface area contributed by atoms with E-state index in [1.54, 1.807) is 0 Å². The van der Waals surface area contributed by atoms with Gasteiger partial charge in [-0.1, -0.05) is 63.2 Å². The Labute approximate surface area is 197 Å². The summed E-state index contributed by atoms with van der Waals surface area (Å²) in [5.41, 5.74) is 9.11. The fraction of sp³-hybridized carbons (Fsp3) is 0.680. The first-order chi connectivity index (χ1) is 15.8. The molecule has 0 fully saturated rings. The lowest BCUT2D eigenvalue weighted by molar-refractivity contribution is -0.138. The smallest absolute Gasteiger partial charge is 0.303 e. The van der Waals surface area contributed by atoms with E-state index in [-0.39, 0.29) is 19.3 Å². The SMILES string of the molecule is NC(=O)CC(N)=O.O=C(O)CCCCCCCCC#CC#CCCCCCCCCC(=O)O. The summed E-state index contributed by atoms with van der Waals surface area (Å²) in [4.78, 5) is 40.2. The van der Waals surface area contributed by atoms with E-state index in [1.165, 1.54) is 0 Å². The van der Waals surface area contributed by atoms with Crippen molar-refractivity contribution >= 4 is 23.8 Å². The fourth-order valence-corrected chi connectivity index (χ4v) is 2.78. The number of rotatable bonds is 18. The van der Waals surface area contributed by atoms with E-state index < -0.39 is 23.8 Å². The van der Waals surface area contributed by atoms with Crippen LogP contribution in [-0.2, 0) is 19.2 Å². The van der Waals surface area contributed by atoms with E-state index in [2.05, 4.69) is 35.1 Å². The number of nitrogens with two attached hydrogens (primary N) is 2. The Hall–Kier alpha value is -3.00. The lowest BCUT2D eigenvalue weighted by Crippen LogP contribution is -2.21. The highest BCUT2D eigenvalue weighted by molar-refractivity contribution is 5.95. The van der Waals surface area contributed by atoms with Crippen LogP contribution < -0.4 is 11.5 Å². The topological polar surface area (TPSA) is 161 Å². The molecule has 186 valence electrons. The molecule has 8 nitrogen and oxygen atoms in total. The third kappa shape index (κ3) is 36.7. The van der Waals surface area contributed by atoms with E-state index in [4.69, 9.17) is 10.2 Å².